The average Bonchev–Trinajstić information content (AvgIpc) is 3.33. The molecule has 0 spiro atoms. The molecule has 0 aliphatic rings. The molecule has 0 radical (unpaired) electrons. The summed E-state index contributed by atoms with van der Waals surface area (Å²) in [4.78, 5) is 18.5. The maximum atomic E-state index is 12.5. The topological polar surface area (TPSA) is 76.2 Å². The number of nitrogens with one attached hydrogen (secondary N) is 1. The molecule has 1 N–H and O–H groups in total. The molecule has 2 aromatic heterocycles. The second-order valence-corrected chi connectivity index (χ2v) is 6.85. The quantitative estimate of drug-likeness (QED) is 0.714. The van der Waals surface area contributed by atoms with Crippen molar-refractivity contribution in [1.29, 1.82) is 0 Å². The normalized spacial score (nSPS) is 11.0. The second kappa shape index (κ2) is 8.07. The lowest BCUT2D eigenvalue weighted by Crippen LogP contribution is -2.33. The number of hydrogen-bond donors (Lipinski definition) is 1. The van der Waals surface area contributed by atoms with Gasteiger partial charge in [0.05, 0.1) is 0 Å². The van der Waals surface area contributed by atoms with Crippen molar-refractivity contribution in [3.8, 4) is 5.69 Å². The average molecular weight is 367 g/mol. The van der Waals surface area contributed by atoms with Gasteiger partial charge in [-0.1, -0.05) is 25.1 Å². The summed E-state index contributed by atoms with van der Waals surface area (Å²) in [5.74, 6) is 1.43. The molecule has 0 bridgehead atoms. The van der Waals surface area contributed by atoms with E-state index in [1.54, 1.807) is 11.9 Å². The predicted octanol–water partition coefficient (Wildman–Crippen LogP) is 4.00. The number of carbonyl (C=O) groups is 1. The van der Waals surface area contributed by atoms with Crippen LogP contribution in [0.1, 0.15) is 37.0 Å². The molecule has 0 atom stereocenters. The van der Waals surface area contributed by atoms with Gasteiger partial charge in [0.25, 0.3) is 0 Å². The van der Waals surface area contributed by atoms with Crippen LogP contribution in [0.2, 0.25) is 0 Å². The summed E-state index contributed by atoms with van der Waals surface area (Å²) in [6.07, 6.45) is 4.51. The molecule has 7 nitrogen and oxygen atoms in total. The van der Waals surface area contributed by atoms with Crippen LogP contribution >= 0.6 is 0 Å². The molecule has 2 heterocycles. The molecule has 0 saturated carbocycles. The van der Waals surface area contributed by atoms with Gasteiger partial charge in [0, 0.05) is 49.7 Å². The number of benzene rings is 1. The number of carbonyl (C=O) groups excluding carboxylic acids is 1. The first-order valence-corrected chi connectivity index (χ1v) is 9.03. The highest BCUT2D eigenvalue weighted by molar-refractivity contribution is 5.90. The van der Waals surface area contributed by atoms with Crippen LogP contribution in [0.4, 0.5) is 10.5 Å². The number of urea groups is 1. The summed E-state index contributed by atoms with van der Waals surface area (Å²) in [5.41, 5.74) is 2.84. The molecule has 0 aliphatic heterocycles. The van der Waals surface area contributed by atoms with Crippen molar-refractivity contribution in [2.45, 2.75) is 33.1 Å². The van der Waals surface area contributed by atoms with Gasteiger partial charge in [-0.25, -0.2) is 4.79 Å². The largest absolute Gasteiger partial charge is 0.339 e. The van der Waals surface area contributed by atoms with E-state index < -0.39 is 0 Å². The fraction of sp³-hybridized carbons (Fsp3) is 0.350. The Morgan fingerprint density at radius 2 is 2.00 bits per heavy atom. The van der Waals surface area contributed by atoms with E-state index in [0.29, 0.717) is 24.7 Å². The molecule has 2 amide bonds. The van der Waals surface area contributed by atoms with Gasteiger partial charge in [-0.2, -0.15) is 4.98 Å². The third-order valence-electron chi connectivity index (χ3n) is 4.42. The summed E-state index contributed by atoms with van der Waals surface area (Å²) in [5, 5.41) is 6.94. The van der Waals surface area contributed by atoms with Gasteiger partial charge in [0.2, 0.25) is 5.89 Å². The molecule has 142 valence electrons. The van der Waals surface area contributed by atoms with E-state index >= 15 is 0 Å². The van der Waals surface area contributed by atoms with Crippen LogP contribution in [0, 0.1) is 6.92 Å². The number of nitrogens with zero attached hydrogens (tertiary/aromatic N) is 4. The zero-order valence-electron chi connectivity index (χ0n) is 16.1. The van der Waals surface area contributed by atoms with E-state index in [0.717, 1.165) is 16.9 Å². The lowest BCUT2D eigenvalue weighted by Gasteiger charge is -2.19. The van der Waals surface area contributed by atoms with E-state index in [1.165, 1.54) is 0 Å². The predicted molar refractivity (Wildman–Crippen MR) is 104 cm³/mol. The minimum atomic E-state index is -0.171. The van der Waals surface area contributed by atoms with Crippen molar-refractivity contribution in [2.24, 2.45) is 0 Å². The van der Waals surface area contributed by atoms with Crippen LogP contribution in [0.3, 0.4) is 0 Å². The molecule has 27 heavy (non-hydrogen) atoms. The van der Waals surface area contributed by atoms with Gasteiger partial charge in [0.1, 0.15) is 0 Å². The molecule has 1 aromatic carbocycles. The first kappa shape index (κ1) is 18.7. The van der Waals surface area contributed by atoms with Gasteiger partial charge in [0.15, 0.2) is 5.82 Å². The van der Waals surface area contributed by atoms with Gasteiger partial charge in [-0.15, -0.1) is 0 Å². The molecule has 3 aromatic rings. The van der Waals surface area contributed by atoms with Crippen LogP contribution < -0.4 is 5.32 Å². The zero-order valence-corrected chi connectivity index (χ0v) is 16.1. The molecule has 0 fully saturated rings. The third kappa shape index (κ3) is 4.36. The molecule has 0 aliphatic carbocycles. The molecule has 0 unspecified atom stereocenters. The molecule has 7 heteroatoms. The Balaban J connectivity index is 1.62. The highest BCUT2D eigenvalue weighted by Gasteiger charge is 2.14. The minimum absolute atomic E-state index is 0.171. The van der Waals surface area contributed by atoms with Crippen LogP contribution in [-0.2, 0) is 6.42 Å². The molecule has 0 saturated heterocycles. The van der Waals surface area contributed by atoms with Gasteiger partial charge in [-0.05, 0) is 36.8 Å². The highest BCUT2D eigenvalue weighted by atomic mass is 16.5. The van der Waals surface area contributed by atoms with Gasteiger partial charge in [-0.3, -0.25) is 0 Å². The first-order chi connectivity index (χ1) is 13.0. The van der Waals surface area contributed by atoms with E-state index in [-0.39, 0.29) is 11.9 Å². The molecular formula is C20H25N5O2. The van der Waals surface area contributed by atoms with Crippen molar-refractivity contribution in [2.75, 3.05) is 18.9 Å². The summed E-state index contributed by atoms with van der Waals surface area (Å²) in [6.45, 7) is 6.50. The number of anilines is 1. The maximum Gasteiger partial charge on any atom is 0.321 e. The van der Waals surface area contributed by atoms with E-state index in [2.05, 4.69) is 15.5 Å². The van der Waals surface area contributed by atoms with E-state index in [9.17, 15) is 4.79 Å². The summed E-state index contributed by atoms with van der Waals surface area (Å²) >= 11 is 0. The first-order valence-electron chi connectivity index (χ1n) is 9.03. The fourth-order valence-corrected chi connectivity index (χ4v) is 2.72. The third-order valence-corrected chi connectivity index (χ3v) is 4.42. The number of amides is 2. The number of rotatable bonds is 6. The molecular weight excluding hydrogens is 342 g/mol. The Hall–Kier alpha value is -3.09. The lowest BCUT2D eigenvalue weighted by atomic mass is 10.1. The summed E-state index contributed by atoms with van der Waals surface area (Å²) < 4.78 is 7.22. The van der Waals surface area contributed by atoms with Crippen LogP contribution in [0.25, 0.3) is 5.69 Å². The number of aromatic nitrogens is 3. The SMILES string of the molecule is Cc1c(NC(=O)N(C)CCc2noc(C(C)C)n2)cccc1-n1cccc1. The Bertz CT molecular complexity index is 899. The summed E-state index contributed by atoms with van der Waals surface area (Å²) in [7, 11) is 1.75. The standard InChI is InChI=1S/C20H25N5O2/c1-14(2)19-22-18(23-27-19)10-13-24(4)20(26)21-16-8-7-9-17(15(16)3)25-11-5-6-12-25/h5-9,11-12,14H,10,13H2,1-4H3,(H,21,26). The number of likely N-dealkylation sites (N-methyl/N-ethyl adjacent to an activating group) is 1. The minimum Gasteiger partial charge on any atom is -0.339 e. The maximum absolute atomic E-state index is 12.5. The smallest absolute Gasteiger partial charge is 0.321 e. The molecule has 3 rings (SSSR count). The Kier molecular flexibility index (Phi) is 5.59. The van der Waals surface area contributed by atoms with Gasteiger partial charge < -0.3 is 19.3 Å². The fourth-order valence-electron chi connectivity index (χ4n) is 2.72. The van der Waals surface area contributed by atoms with Crippen molar-refractivity contribution in [1.82, 2.24) is 19.6 Å². The monoisotopic (exact) mass is 367 g/mol. The van der Waals surface area contributed by atoms with Crippen LogP contribution in [0.5, 0.6) is 0 Å². The Labute approximate surface area is 159 Å². The van der Waals surface area contributed by atoms with Crippen LogP contribution in [-0.4, -0.2) is 39.2 Å². The van der Waals surface area contributed by atoms with E-state index in [4.69, 9.17) is 4.52 Å². The van der Waals surface area contributed by atoms with Crippen LogP contribution in [0.15, 0.2) is 47.2 Å². The van der Waals surface area contributed by atoms with Crippen molar-refractivity contribution < 1.29 is 9.32 Å². The Morgan fingerprint density at radius 3 is 2.67 bits per heavy atom. The van der Waals surface area contributed by atoms with Gasteiger partial charge >= 0.3 is 6.03 Å². The highest BCUT2D eigenvalue weighted by Crippen LogP contribution is 2.22. The van der Waals surface area contributed by atoms with Crippen molar-refractivity contribution in [3.05, 3.63) is 60.0 Å². The summed E-state index contributed by atoms with van der Waals surface area (Å²) in [6, 6.07) is 9.64. The zero-order chi connectivity index (χ0) is 19.4. The van der Waals surface area contributed by atoms with Crippen molar-refractivity contribution >= 4 is 11.7 Å². The number of hydrogen-bond acceptors (Lipinski definition) is 4. The van der Waals surface area contributed by atoms with E-state index in [1.807, 2.05) is 68.1 Å². The second-order valence-electron chi connectivity index (χ2n) is 6.85. The van der Waals surface area contributed by atoms with Crippen molar-refractivity contribution in [3.63, 3.8) is 0 Å². The Morgan fingerprint density at radius 1 is 1.26 bits per heavy atom. The lowest BCUT2D eigenvalue weighted by molar-refractivity contribution is 0.222.